The van der Waals surface area contributed by atoms with Gasteiger partial charge in [-0.05, 0) is 0 Å². The Morgan fingerprint density at radius 2 is 1.89 bits per heavy atom. The van der Waals surface area contributed by atoms with Gasteiger partial charge in [0.25, 0.3) is 5.91 Å². The average Bonchev–Trinajstić information content (AvgIpc) is 1.90. The molecule has 0 heterocycles. The number of nitrogens with one attached hydrogen (secondary N) is 1. The summed E-state index contributed by atoms with van der Waals surface area (Å²) in [6, 6.07) is 0. The molecule has 0 bridgehead atoms. The highest BCUT2D eigenvalue weighted by atomic mass is 16.7. The second-order valence-electron chi connectivity index (χ2n) is 1.42. The Bertz CT molecular complexity index is 90.2. The first-order valence-corrected chi connectivity index (χ1v) is 2.53. The Balaban J connectivity index is 3.64. The zero-order chi connectivity index (χ0) is 7.28. The number of rotatable bonds is 3. The summed E-state index contributed by atoms with van der Waals surface area (Å²) in [5, 5.41) is 2.38. The Kier molecular flexibility index (Phi) is 4.00. The van der Waals surface area contributed by atoms with Gasteiger partial charge in [-0.1, -0.05) is 0 Å². The summed E-state index contributed by atoms with van der Waals surface area (Å²) in [7, 11) is 4.33. The zero-order valence-electron chi connectivity index (χ0n) is 5.80. The van der Waals surface area contributed by atoms with Crippen molar-refractivity contribution >= 4 is 5.91 Å². The summed E-state index contributed by atoms with van der Waals surface area (Å²) in [4.78, 5) is 10.6. The van der Waals surface area contributed by atoms with Crippen molar-refractivity contribution in [3.8, 4) is 0 Å². The number of carbonyl (C=O) groups is 1. The van der Waals surface area contributed by atoms with E-state index in [-0.39, 0.29) is 5.91 Å². The van der Waals surface area contributed by atoms with Gasteiger partial charge in [0.05, 0.1) is 0 Å². The molecule has 0 atom stereocenters. The molecule has 0 aromatic rings. The quantitative estimate of drug-likeness (QED) is 0.520. The van der Waals surface area contributed by atoms with Crippen molar-refractivity contribution in [3.63, 3.8) is 0 Å². The first-order valence-electron chi connectivity index (χ1n) is 2.53. The van der Waals surface area contributed by atoms with Gasteiger partial charge in [0.15, 0.2) is 0 Å². The van der Waals surface area contributed by atoms with Crippen LogP contribution >= 0.6 is 0 Å². The molecule has 0 aromatic heterocycles. The van der Waals surface area contributed by atoms with Crippen LogP contribution in [0.1, 0.15) is 0 Å². The number of hydrogen-bond donors (Lipinski definition) is 1. The van der Waals surface area contributed by atoms with Crippen molar-refractivity contribution in [2.24, 2.45) is 0 Å². The maximum atomic E-state index is 10.6. The molecule has 0 saturated carbocycles. The molecule has 9 heavy (non-hydrogen) atoms. The van der Waals surface area contributed by atoms with Crippen molar-refractivity contribution in [1.29, 1.82) is 0 Å². The van der Waals surface area contributed by atoms with Crippen LogP contribution in [0.25, 0.3) is 0 Å². The Morgan fingerprint density at radius 1 is 1.44 bits per heavy atom. The van der Waals surface area contributed by atoms with Crippen molar-refractivity contribution in [1.82, 2.24) is 5.32 Å². The summed E-state index contributed by atoms with van der Waals surface area (Å²) in [6.07, 6.45) is -0.782. The van der Waals surface area contributed by atoms with Gasteiger partial charge in [0.1, 0.15) is 0 Å². The maximum Gasteiger partial charge on any atom is 0.276 e. The molecule has 0 aliphatic rings. The minimum Gasteiger partial charge on any atom is -0.355 e. The third-order valence-corrected chi connectivity index (χ3v) is 0.889. The van der Waals surface area contributed by atoms with Crippen LogP contribution in [0.2, 0.25) is 0 Å². The van der Waals surface area contributed by atoms with E-state index in [1.807, 2.05) is 0 Å². The minimum absolute atomic E-state index is 0.278. The maximum absolute atomic E-state index is 10.6. The van der Waals surface area contributed by atoms with E-state index in [1.165, 1.54) is 21.3 Å². The normalized spacial score (nSPS) is 9.78. The molecule has 0 rings (SSSR count). The van der Waals surface area contributed by atoms with E-state index in [0.717, 1.165) is 0 Å². The fourth-order valence-corrected chi connectivity index (χ4v) is 0.428. The third-order valence-electron chi connectivity index (χ3n) is 0.889. The summed E-state index contributed by atoms with van der Waals surface area (Å²) in [6.45, 7) is 0. The summed E-state index contributed by atoms with van der Waals surface area (Å²) in [5.74, 6) is -0.278. The van der Waals surface area contributed by atoms with E-state index in [4.69, 9.17) is 0 Å². The molecular formula is C5H11NO3. The first-order chi connectivity index (χ1) is 4.26. The van der Waals surface area contributed by atoms with Gasteiger partial charge in [0, 0.05) is 21.3 Å². The lowest BCUT2D eigenvalue weighted by Gasteiger charge is -2.09. The van der Waals surface area contributed by atoms with Gasteiger partial charge in [-0.25, -0.2) is 0 Å². The number of likely N-dealkylation sites (N-methyl/N-ethyl adjacent to an activating group) is 1. The van der Waals surface area contributed by atoms with Gasteiger partial charge in [-0.2, -0.15) is 0 Å². The van der Waals surface area contributed by atoms with Crippen molar-refractivity contribution in [3.05, 3.63) is 0 Å². The van der Waals surface area contributed by atoms with E-state index >= 15 is 0 Å². The van der Waals surface area contributed by atoms with E-state index in [1.54, 1.807) is 0 Å². The van der Waals surface area contributed by atoms with E-state index in [0.29, 0.717) is 0 Å². The molecule has 4 heteroatoms. The molecule has 0 aliphatic heterocycles. The summed E-state index contributed by atoms with van der Waals surface area (Å²) < 4.78 is 9.24. The minimum atomic E-state index is -0.782. The fraction of sp³-hybridized carbons (Fsp3) is 0.800. The van der Waals surface area contributed by atoms with Crippen LogP contribution in [0, 0.1) is 0 Å². The highest BCUT2D eigenvalue weighted by Crippen LogP contribution is 1.87. The lowest BCUT2D eigenvalue weighted by molar-refractivity contribution is -0.158. The number of carbonyl (C=O) groups excluding carboxylic acids is 1. The van der Waals surface area contributed by atoms with Crippen LogP contribution in [0.5, 0.6) is 0 Å². The topological polar surface area (TPSA) is 47.6 Å². The molecule has 1 amide bonds. The highest BCUT2D eigenvalue weighted by molar-refractivity contribution is 5.78. The standard InChI is InChI=1S/C5H11NO3/c1-6-4(7)5(8-2)9-3/h5H,1-3H3,(H,6,7). The Hall–Kier alpha value is -0.610. The fourth-order valence-electron chi connectivity index (χ4n) is 0.428. The smallest absolute Gasteiger partial charge is 0.276 e. The van der Waals surface area contributed by atoms with Crippen LogP contribution in [0.3, 0.4) is 0 Å². The predicted octanol–water partition coefficient (Wildman–Crippen LogP) is -0.649. The third kappa shape index (κ3) is 2.43. The summed E-state index contributed by atoms with van der Waals surface area (Å²) in [5.41, 5.74) is 0. The molecule has 0 fully saturated rings. The summed E-state index contributed by atoms with van der Waals surface area (Å²) >= 11 is 0. The number of ether oxygens (including phenoxy) is 2. The predicted molar refractivity (Wildman–Crippen MR) is 31.9 cm³/mol. The van der Waals surface area contributed by atoms with Crippen LogP contribution in [-0.4, -0.2) is 33.5 Å². The molecule has 4 nitrogen and oxygen atoms in total. The second kappa shape index (κ2) is 4.29. The molecule has 1 N–H and O–H groups in total. The molecular weight excluding hydrogens is 122 g/mol. The lowest BCUT2D eigenvalue weighted by atomic mass is 10.6. The van der Waals surface area contributed by atoms with Crippen molar-refractivity contribution < 1.29 is 14.3 Å². The molecule has 0 unspecified atom stereocenters. The largest absolute Gasteiger partial charge is 0.355 e. The van der Waals surface area contributed by atoms with Crippen molar-refractivity contribution in [2.75, 3.05) is 21.3 Å². The molecule has 0 aromatic carbocycles. The molecule has 54 valence electrons. The molecule has 0 spiro atoms. The van der Waals surface area contributed by atoms with Crippen LogP contribution in [0.15, 0.2) is 0 Å². The van der Waals surface area contributed by atoms with E-state index in [9.17, 15) is 4.79 Å². The Morgan fingerprint density at radius 3 is 2.00 bits per heavy atom. The molecule has 0 aliphatic carbocycles. The van der Waals surface area contributed by atoms with Gasteiger partial charge in [-0.15, -0.1) is 0 Å². The molecule has 0 radical (unpaired) electrons. The van der Waals surface area contributed by atoms with Crippen LogP contribution in [0.4, 0.5) is 0 Å². The SMILES string of the molecule is CNC(=O)C(OC)OC. The van der Waals surface area contributed by atoms with E-state index in [2.05, 4.69) is 14.8 Å². The van der Waals surface area contributed by atoms with Crippen LogP contribution in [-0.2, 0) is 14.3 Å². The first kappa shape index (κ1) is 8.39. The van der Waals surface area contributed by atoms with Gasteiger partial charge in [-0.3, -0.25) is 4.79 Å². The van der Waals surface area contributed by atoms with Gasteiger partial charge >= 0.3 is 0 Å². The monoisotopic (exact) mass is 133 g/mol. The molecule has 0 saturated heterocycles. The van der Waals surface area contributed by atoms with Gasteiger partial charge in [0.2, 0.25) is 6.29 Å². The van der Waals surface area contributed by atoms with Crippen molar-refractivity contribution in [2.45, 2.75) is 6.29 Å². The second-order valence-corrected chi connectivity index (χ2v) is 1.42. The van der Waals surface area contributed by atoms with E-state index < -0.39 is 6.29 Å². The Labute approximate surface area is 54.1 Å². The highest BCUT2D eigenvalue weighted by Gasteiger charge is 2.13. The number of amides is 1. The lowest BCUT2D eigenvalue weighted by Crippen LogP contribution is -2.34. The number of methoxy groups -OCH3 is 2. The zero-order valence-corrected chi connectivity index (χ0v) is 5.80. The van der Waals surface area contributed by atoms with Gasteiger partial charge < -0.3 is 14.8 Å². The van der Waals surface area contributed by atoms with Crippen LogP contribution < -0.4 is 5.32 Å². The average molecular weight is 133 g/mol. The number of hydrogen-bond acceptors (Lipinski definition) is 3.